The molecule has 0 saturated heterocycles. The molecule has 0 atom stereocenters. The molecule has 0 N–H and O–H groups in total. The van der Waals surface area contributed by atoms with Gasteiger partial charge in [-0.05, 0) is 31.0 Å². The summed E-state index contributed by atoms with van der Waals surface area (Å²) in [6.07, 6.45) is -0.0579. The Morgan fingerprint density at radius 2 is 2.20 bits per heavy atom. The van der Waals surface area contributed by atoms with E-state index in [2.05, 4.69) is 0 Å². The largest absolute Gasteiger partial charge is 0.466 e. The lowest BCUT2D eigenvalue weighted by atomic mass is 10.1. The summed E-state index contributed by atoms with van der Waals surface area (Å²) < 4.78 is 18.1. The van der Waals surface area contributed by atoms with E-state index in [0.29, 0.717) is 17.2 Å². The SMILES string of the molecule is CCOC(=O)Cc1cc(C)c(Cl)cc1F. The topological polar surface area (TPSA) is 26.3 Å². The summed E-state index contributed by atoms with van der Waals surface area (Å²) in [4.78, 5) is 11.1. The quantitative estimate of drug-likeness (QED) is 0.747. The van der Waals surface area contributed by atoms with Gasteiger partial charge in [-0.25, -0.2) is 4.39 Å². The Bertz CT molecular complexity index is 377. The van der Waals surface area contributed by atoms with Crippen molar-refractivity contribution in [3.05, 3.63) is 34.1 Å². The predicted octanol–water partition coefficient (Wildman–Crippen LogP) is 2.89. The Morgan fingerprint density at radius 1 is 1.53 bits per heavy atom. The van der Waals surface area contributed by atoms with Crippen LogP contribution in [0.2, 0.25) is 5.02 Å². The average Bonchev–Trinajstić information content (AvgIpc) is 2.14. The number of benzene rings is 1. The van der Waals surface area contributed by atoms with Gasteiger partial charge < -0.3 is 4.74 Å². The number of esters is 1. The second kappa shape index (κ2) is 5.12. The molecule has 15 heavy (non-hydrogen) atoms. The number of hydrogen-bond acceptors (Lipinski definition) is 2. The van der Waals surface area contributed by atoms with Crippen LogP contribution in [0.5, 0.6) is 0 Å². The van der Waals surface area contributed by atoms with Gasteiger partial charge in [0.1, 0.15) is 5.82 Å². The lowest BCUT2D eigenvalue weighted by Crippen LogP contribution is -2.09. The van der Waals surface area contributed by atoms with Crippen LogP contribution in [0.1, 0.15) is 18.1 Å². The van der Waals surface area contributed by atoms with Gasteiger partial charge in [-0.3, -0.25) is 4.79 Å². The molecule has 0 aromatic heterocycles. The molecule has 0 fully saturated rings. The van der Waals surface area contributed by atoms with E-state index < -0.39 is 11.8 Å². The first-order valence-corrected chi connectivity index (χ1v) is 5.02. The highest BCUT2D eigenvalue weighted by atomic mass is 35.5. The number of carbonyl (C=O) groups excluding carboxylic acids is 1. The van der Waals surface area contributed by atoms with Crippen molar-refractivity contribution in [2.45, 2.75) is 20.3 Å². The number of ether oxygens (including phenoxy) is 1. The fraction of sp³-hybridized carbons (Fsp3) is 0.364. The van der Waals surface area contributed by atoms with Crippen LogP contribution in [-0.2, 0) is 16.0 Å². The summed E-state index contributed by atoms with van der Waals surface area (Å²) in [5.41, 5.74) is 1.06. The number of hydrogen-bond donors (Lipinski definition) is 0. The number of aryl methyl sites for hydroxylation is 1. The normalized spacial score (nSPS) is 10.1. The van der Waals surface area contributed by atoms with Crippen molar-refractivity contribution in [3.63, 3.8) is 0 Å². The highest BCUT2D eigenvalue weighted by molar-refractivity contribution is 6.31. The summed E-state index contributed by atoms with van der Waals surface area (Å²) in [5.74, 6) is -0.906. The number of rotatable bonds is 3. The molecule has 0 spiro atoms. The fourth-order valence-corrected chi connectivity index (χ4v) is 1.37. The Hall–Kier alpha value is -1.09. The molecule has 4 heteroatoms. The molecule has 0 heterocycles. The van der Waals surface area contributed by atoms with E-state index in [1.165, 1.54) is 6.07 Å². The highest BCUT2D eigenvalue weighted by Gasteiger charge is 2.10. The van der Waals surface area contributed by atoms with Gasteiger partial charge in [-0.1, -0.05) is 17.7 Å². The van der Waals surface area contributed by atoms with Crippen LogP contribution < -0.4 is 0 Å². The van der Waals surface area contributed by atoms with Crippen molar-refractivity contribution in [3.8, 4) is 0 Å². The van der Waals surface area contributed by atoms with Crippen LogP contribution in [0.4, 0.5) is 4.39 Å². The van der Waals surface area contributed by atoms with Gasteiger partial charge in [0.25, 0.3) is 0 Å². The third-order valence-electron chi connectivity index (χ3n) is 1.97. The second-order valence-electron chi connectivity index (χ2n) is 3.17. The predicted molar refractivity (Wildman–Crippen MR) is 56.5 cm³/mol. The van der Waals surface area contributed by atoms with E-state index in [4.69, 9.17) is 16.3 Å². The minimum atomic E-state index is -0.473. The zero-order valence-electron chi connectivity index (χ0n) is 8.64. The molecule has 1 rings (SSSR count). The molecule has 0 aliphatic rings. The van der Waals surface area contributed by atoms with Crippen molar-refractivity contribution in [2.75, 3.05) is 6.61 Å². The van der Waals surface area contributed by atoms with Gasteiger partial charge in [0.2, 0.25) is 0 Å². The standard InChI is InChI=1S/C11H12ClFO2/c1-3-15-11(14)5-8-4-7(2)9(12)6-10(8)13/h4,6H,3,5H2,1-2H3. The molecule has 1 aromatic rings. The Balaban J connectivity index is 2.86. The molecule has 0 aliphatic heterocycles. The average molecular weight is 231 g/mol. The molecular weight excluding hydrogens is 219 g/mol. The third kappa shape index (κ3) is 3.20. The van der Waals surface area contributed by atoms with Gasteiger partial charge in [0.15, 0.2) is 0 Å². The highest BCUT2D eigenvalue weighted by Crippen LogP contribution is 2.20. The van der Waals surface area contributed by atoms with Crippen molar-refractivity contribution in [2.24, 2.45) is 0 Å². The first kappa shape index (κ1) is 12.0. The summed E-state index contributed by atoms with van der Waals surface area (Å²) in [5, 5.41) is 0.361. The monoisotopic (exact) mass is 230 g/mol. The maximum Gasteiger partial charge on any atom is 0.310 e. The lowest BCUT2D eigenvalue weighted by molar-refractivity contribution is -0.142. The molecule has 0 amide bonds. The fourth-order valence-electron chi connectivity index (χ4n) is 1.22. The first-order valence-electron chi connectivity index (χ1n) is 4.64. The molecule has 2 nitrogen and oxygen atoms in total. The zero-order chi connectivity index (χ0) is 11.4. The van der Waals surface area contributed by atoms with Crippen LogP contribution in [-0.4, -0.2) is 12.6 Å². The summed E-state index contributed by atoms with van der Waals surface area (Å²) in [6, 6.07) is 2.78. The second-order valence-corrected chi connectivity index (χ2v) is 3.58. The van der Waals surface area contributed by atoms with E-state index in [-0.39, 0.29) is 6.42 Å². The van der Waals surface area contributed by atoms with Crippen molar-refractivity contribution < 1.29 is 13.9 Å². The Morgan fingerprint density at radius 3 is 2.80 bits per heavy atom. The summed E-state index contributed by atoms with van der Waals surface area (Å²) >= 11 is 5.73. The molecule has 0 bridgehead atoms. The maximum absolute atomic E-state index is 13.3. The molecule has 0 saturated carbocycles. The van der Waals surface area contributed by atoms with E-state index in [1.54, 1.807) is 19.9 Å². The minimum Gasteiger partial charge on any atom is -0.466 e. The van der Waals surface area contributed by atoms with Gasteiger partial charge in [0.05, 0.1) is 13.0 Å². The first-order chi connectivity index (χ1) is 7.04. The van der Waals surface area contributed by atoms with Crippen molar-refractivity contribution in [1.29, 1.82) is 0 Å². The molecule has 0 unspecified atom stereocenters. The van der Waals surface area contributed by atoms with Gasteiger partial charge in [-0.15, -0.1) is 0 Å². The summed E-state index contributed by atoms with van der Waals surface area (Å²) in [6.45, 7) is 3.77. The van der Waals surface area contributed by atoms with Gasteiger partial charge in [-0.2, -0.15) is 0 Å². The molecule has 82 valence electrons. The van der Waals surface area contributed by atoms with Gasteiger partial charge in [0, 0.05) is 5.02 Å². The van der Waals surface area contributed by atoms with Crippen molar-refractivity contribution in [1.82, 2.24) is 0 Å². The van der Waals surface area contributed by atoms with E-state index in [1.807, 2.05) is 0 Å². The van der Waals surface area contributed by atoms with Crippen molar-refractivity contribution >= 4 is 17.6 Å². The van der Waals surface area contributed by atoms with E-state index in [9.17, 15) is 9.18 Å². The molecular formula is C11H12ClFO2. The number of carbonyl (C=O) groups is 1. The third-order valence-corrected chi connectivity index (χ3v) is 2.37. The van der Waals surface area contributed by atoms with E-state index in [0.717, 1.165) is 5.56 Å². The van der Waals surface area contributed by atoms with Crippen LogP contribution in [0.25, 0.3) is 0 Å². The maximum atomic E-state index is 13.3. The Labute approximate surface area is 93.0 Å². The van der Waals surface area contributed by atoms with Crippen LogP contribution >= 0.6 is 11.6 Å². The lowest BCUT2D eigenvalue weighted by Gasteiger charge is -2.05. The summed E-state index contributed by atoms with van der Waals surface area (Å²) in [7, 11) is 0. The smallest absolute Gasteiger partial charge is 0.310 e. The zero-order valence-corrected chi connectivity index (χ0v) is 9.40. The Kier molecular flexibility index (Phi) is 4.09. The minimum absolute atomic E-state index is 0.0579. The van der Waals surface area contributed by atoms with Gasteiger partial charge >= 0.3 is 5.97 Å². The number of halogens is 2. The van der Waals surface area contributed by atoms with Crippen LogP contribution in [0, 0.1) is 12.7 Å². The van der Waals surface area contributed by atoms with Crippen LogP contribution in [0.15, 0.2) is 12.1 Å². The molecule has 0 aliphatic carbocycles. The van der Waals surface area contributed by atoms with Crippen LogP contribution in [0.3, 0.4) is 0 Å². The van der Waals surface area contributed by atoms with E-state index >= 15 is 0 Å². The molecule has 1 aromatic carbocycles. The molecule has 0 radical (unpaired) electrons.